The van der Waals surface area contributed by atoms with Crippen LogP contribution in [0, 0.1) is 0 Å². The highest BCUT2D eigenvalue weighted by molar-refractivity contribution is 5.65. The third kappa shape index (κ3) is 6.36. The van der Waals surface area contributed by atoms with E-state index in [0.717, 1.165) is 25.1 Å². The van der Waals surface area contributed by atoms with Gasteiger partial charge in [0.2, 0.25) is 0 Å². The van der Waals surface area contributed by atoms with Crippen LogP contribution in [0.1, 0.15) is 40.5 Å². The molecule has 0 aliphatic carbocycles. The Morgan fingerprint density at radius 2 is 1.52 bits per heavy atom. The average Bonchev–Trinajstić information content (AvgIpc) is 2.61. The molecule has 0 heterocycles. The smallest absolute Gasteiger partial charge is 0.169 e. The van der Waals surface area contributed by atoms with Gasteiger partial charge in [-0.1, -0.05) is 12.1 Å². The van der Waals surface area contributed by atoms with E-state index in [2.05, 4.69) is 32.6 Å². The second-order valence-corrected chi connectivity index (χ2v) is 7.32. The van der Waals surface area contributed by atoms with Crippen molar-refractivity contribution >= 4 is 11.4 Å². The van der Waals surface area contributed by atoms with Crippen LogP contribution in [0.5, 0.6) is 17.2 Å². The molecule has 0 aliphatic rings. The van der Waals surface area contributed by atoms with Gasteiger partial charge in [-0.3, -0.25) is 4.90 Å². The fraction of sp³-hybridized carbons (Fsp3) is 0.455. The molecule has 148 valence electrons. The Kier molecular flexibility index (Phi) is 7.80. The molecule has 0 amide bonds. The summed E-state index contributed by atoms with van der Waals surface area (Å²) in [5.74, 6) is 2.05. The van der Waals surface area contributed by atoms with Gasteiger partial charge in [-0.2, -0.15) is 0 Å². The minimum Gasteiger partial charge on any atom is -0.490 e. The highest BCUT2D eigenvalue weighted by Gasteiger charge is 2.12. The van der Waals surface area contributed by atoms with Crippen LogP contribution in [0.3, 0.4) is 0 Å². The molecule has 5 heteroatoms. The Bertz CT molecular complexity index is 708. The molecule has 0 radical (unpaired) electrons. The number of nitrogens with zero attached hydrogens (tertiary/aromatic N) is 1. The van der Waals surface area contributed by atoms with E-state index in [-0.39, 0.29) is 0 Å². The molecule has 0 saturated heterocycles. The monoisotopic (exact) mass is 371 g/mol. The van der Waals surface area contributed by atoms with Gasteiger partial charge in [0.05, 0.1) is 18.0 Å². The summed E-state index contributed by atoms with van der Waals surface area (Å²) in [5, 5.41) is 0. The van der Waals surface area contributed by atoms with Gasteiger partial charge in [-0.05, 0) is 71.3 Å². The molecule has 0 aromatic heterocycles. The zero-order chi connectivity index (χ0) is 19.8. The molecule has 2 rings (SSSR count). The van der Waals surface area contributed by atoms with Gasteiger partial charge < -0.3 is 20.9 Å². The van der Waals surface area contributed by atoms with Crippen molar-refractivity contribution in [3.8, 4) is 17.2 Å². The number of nitrogen functional groups attached to an aromatic ring is 2. The Morgan fingerprint density at radius 1 is 0.852 bits per heavy atom. The maximum Gasteiger partial charge on any atom is 0.169 e. The summed E-state index contributed by atoms with van der Waals surface area (Å²) in [5.41, 5.74) is 12.7. The van der Waals surface area contributed by atoms with Gasteiger partial charge >= 0.3 is 0 Å². The topological polar surface area (TPSA) is 73.7 Å². The molecule has 0 spiro atoms. The molecule has 2 aromatic rings. The van der Waals surface area contributed by atoms with E-state index < -0.39 is 0 Å². The third-order valence-electron chi connectivity index (χ3n) is 4.53. The van der Waals surface area contributed by atoms with Gasteiger partial charge in [0.1, 0.15) is 5.75 Å². The third-order valence-corrected chi connectivity index (χ3v) is 4.53. The molecule has 0 atom stereocenters. The van der Waals surface area contributed by atoms with Crippen LogP contribution in [0.25, 0.3) is 0 Å². The highest BCUT2D eigenvalue weighted by atomic mass is 16.5. The summed E-state index contributed by atoms with van der Waals surface area (Å²) in [6.45, 7) is 10.7. The lowest BCUT2D eigenvalue weighted by Crippen LogP contribution is -2.37. The molecule has 0 saturated carbocycles. The maximum absolute atomic E-state index is 5.97. The van der Waals surface area contributed by atoms with E-state index in [1.807, 2.05) is 24.3 Å². The van der Waals surface area contributed by atoms with E-state index in [1.54, 1.807) is 18.2 Å². The van der Waals surface area contributed by atoms with Crippen LogP contribution in [-0.2, 0) is 0 Å². The predicted molar refractivity (Wildman–Crippen MR) is 113 cm³/mol. The first-order chi connectivity index (χ1) is 12.9. The quantitative estimate of drug-likeness (QED) is 0.458. The number of benzene rings is 2. The summed E-state index contributed by atoms with van der Waals surface area (Å²) in [4.78, 5) is 2.50. The van der Waals surface area contributed by atoms with E-state index >= 15 is 0 Å². The summed E-state index contributed by atoms with van der Waals surface area (Å²) in [6, 6.07) is 14.1. The van der Waals surface area contributed by atoms with Gasteiger partial charge in [0.25, 0.3) is 0 Å². The van der Waals surface area contributed by atoms with Crippen molar-refractivity contribution in [3.63, 3.8) is 0 Å². The van der Waals surface area contributed by atoms with Crippen molar-refractivity contribution < 1.29 is 9.47 Å². The van der Waals surface area contributed by atoms with Crippen molar-refractivity contribution in [2.24, 2.45) is 0 Å². The minimum atomic E-state index is 0.505. The largest absolute Gasteiger partial charge is 0.490 e. The van der Waals surface area contributed by atoms with E-state index in [1.165, 1.54) is 0 Å². The van der Waals surface area contributed by atoms with Crippen LogP contribution in [0.4, 0.5) is 11.4 Å². The number of unbranched alkanes of at least 4 members (excludes halogenated alkanes) is 1. The van der Waals surface area contributed by atoms with Crippen LogP contribution in [0.15, 0.2) is 42.5 Å². The summed E-state index contributed by atoms with van der Waals surface area (Å²) >= 11 is 0. The number of para-hydroxylation sites is 2. The first-order valence-corrected chi connectivity index (χ1v) is 9.69. The molecular formula is C22H33N3O2. The van der Waals surface area contributed by atoms with Crippen molar-refractivity contribution in [2.75, 3.05) is 24.6 Å². The zero-order valence-electron chi connectivity index (χ0n) is 16.9. The highest BCUT2D eigenvalue weighted by Crippen LogP contribution is 2.33. The Balaban J connectivity index is 1.87. The molecule has 4 N–H and O–H groups in total. The number of hydrogen-bond donors (Lipinski definition) is 2. The van der Waals surface area contributed by atoms with Crippen LogP contribution in [-0.4, -0.2) is 30.1 Å². The molecule has 27 heavy (non-hydrogen) atoms. The van der Waals surface area contributed by atoms with Crippen molar-refractivity contribution in [2.45, 2.75) is 52.6 Å². The lowest BCUT2D eigenvalue weighted by atomic mass is 10.2. The summed E-state index contributed by atoms with van der Waals surface area (Å²) in [7, 11) is 0. The van der Waals surface area contributed by atoms with Crippen molar-refractivity contribution in [3.05, 3.63) is 42.5 Å². The first-order valence-electron chi connectivity index (χ1n) is 9.69. The van der Waals surface area contributed by atoms with E-state index in [4.69, 9.17) is 20.9 Å². The SMILES string of the molecule is CC(C)N(CCCCOc1ccccc1Oc1ccc(N)c(N)c1)C(C)C. The van der Waals surface area contributed by atoms with Crippen molar-refractivity contribution in [1.29, 1.82) is 0 Å². The zero-order valence-corrected chi connectivity index (χ0v) is 16.9. The lowest BCUT2D eigenvalue weighted by molar-refractivity contribution is 0.167. The van der Waals surface area contributed by atoms with E-state index in [9.17, 15) is 0 Å². The average molecular weight is 372 g/mol. The fourth-order valence-electron chi connectivity index (χ4n) is 3.09. The molecular weight excluding hydrogens is 338 g/mol. The Hall–Kier alpha value is -2.40. The molecule has 5 nitrogen and oxygen atoms in total. The van der Waals surface area contributed by atoms with Gasteiger partial charge in [0.15, 0.2) is 11.5 Å². The van der Waals surface area contributed by atoms with E-state index in [0.29, 0.717) is 41.6 Å². The Morgan fingerprint density at radius 3 is 2.15 bits per heavy atom. The maximum atomic E-state index is 5.97. The summed E-state index contributed by atoms with van der Waals surface area (Å²) < 4.78 is 11.9. The number of hydrogen-bond acceptors (Lipinski definition) is 5. The van der Waals surface area contributed by atoms with Gasteiger partial charge in [-0.15, -0.1) is 0 Å². The van der Waals surface area contributed by atoms with Crippen LogP contribution < -0.4 is 20.9 Å². The molecule has 0 aliphatic heterocycles. The lowest BCUT2D eigenvalue weighted by Gasteiger charge is -2.30. The van der Waals surface area contributed by atoms with Gasteiger partial charge in [0, 0.05) is 18.2 Å². The van der Waals surface area contributed by atoms with Crippen LogP contribution >= 0.6 is 0 Å². The molecule has 2 aromatic carbocycles. The number of ether oxygens (including phenoxy) is 2. The summed E-state index contributed by atoms with van der Waals surface area (Å²) in [6.07, 6.45) is 2.10. The molecule has 0 fully saturated rings. The fourth-order valence-corrected chi connectivity index (χ4v) is 3.09. The van der Waals surface area contributed by atoms with Crippen LogP contribution in [0.2, 0.25) is 0 Å². The Labute approximate surface area is 163 Å². The normalized spacial score (nSPS) is 11.4. The molecule has 0 bridgehead atoms. The first kappa shape index (κ1) is 20.9. The van der Waals surface area contributed by atoms with Gasteiger partial charge in [-0.25, -0.2) is 0 Å². The standard InChI is InChI=1S/C22H33N3O2/c1-16(2)25(17(3)4)13-7-8-14-26-21-9-5-6-10-22(21)27-18-11-12-19(23)20(24)15-18/h5-6,9-12,15-17H,7-8,13-14,23-24H2,1-4H3. The second-order valence-electron chi connectivity index (χ2n) is 7.32. The predicted octanol–water partition coefficient (Wildman–Crippen LogP) is 4.92. The molecule has 0 unspecified atom stereocenters. The number of anilines is 2. The minimum absolute atomic E-state index is 0.505. The number of nitrogens with two attached hydrogens (primary N) is 2. The van der Waals surface area contributed by atoms with Crippen molar-refractivity contribution in [1.82, 2.24) is 4.90 Å². The number of rotatable bonds is 10. The second kappa shape index (κ2) is 10.1.